The van der Waals surface area contributed by atoms with E-state index in [1.807, 2.05) is 19.3 Å². The van der Waals surface area contributed by atoms with E-state index >= 15 is 0 Å². The highest BCUT2D eigenvalue weighted by Crippen LogP contribution is 2.23. The van der Waals surface area contributed by atoms with Crippen molar-refractivity contribution in [2.24, 2.45) is 0 Å². The van der Waals surface area contributed by atoms with Gasteiger partial charge in [0.05, 0.1) is 6.20 Å². The van der Waals surface area contributed by atoms with Crippen molar-refractivity contribution in [1.29, 1.82) is 0 Å². The van der Waals surface area contributed by atoms with Gasteiger partial charge in [-0.2, -0.15) is 10.2 Å². The fraction of sp³-hybridized carbons (Fsp3) is 0.375. The Hall–Kier alpha value is -1.74. The summed E-state index contributed by atoms with van der Waals surface area (Å²) in [6.45, 7) is 6.52. The summed E-state index contributed by atoms with van der Waals surface area (Å²) >= 11 is 0. The van der Waals surface area contributed by atoms with Crippen molar-refractivity contribution in [3.05, 3.63) is 58.4 Å². The fourth-order valence-corrected chi connectivity index (χ4v) is 2.63. The molecule has 1 atom stereocenters. The summed E-state index contributed by atoms with van der Waals surface area (Å²) in [5.74, 6) is 0. The lowest BCUT2D eigenvalue weighted by Crippen LogP contribution is -2.20. The van der Waals surface area contributed by atoms with Gasteiger partial charge in [0.25, 0.3) is 0 Å². The zero-order chi connectivity index (χ0) is 13.8. The number of nitrogens with one attached hydrogen (secondary N) is 1. The average molecular weight is 255 g/mol. The van der Waals surface area contributed by atoms with Crippen molar-refractivity contribution in [2.45, 2.75) is 33.2 Å². The van der Waals surface area contributed by atoms with Crippen LogP contribution in [0.2, 0.25) is 0 Å². The number of benzene rings is 1. The minimum absolute atomic E-state index is 0.274. The zero-order valence-electron chi connectivity index (χ0n) is 12.1. The van der Waals surface area contributed by atoms with E-state index < -0.39 is 0 Å². The van der Waals surface area contributed by atoms with Gasteiger partial charge in [-0.05, 0) is 62.6 Å². The van der Waals surface area contributed by atoms with Crippen LogP contribution in [0.3, 0.4) is 0 Å². The minimum atomic E-state index is 0.274. The van der Waals surface area contributed by atoms with Crippen molar-refractivity contribution >= 4 is 0 Å². The molecule has 0 aliphatic carbocycles. The first-order chi connectivity index (χ1) is 9.11. The van der Waals surface area contributed by atoms with Gasteiger partial charge in [0.15, 0.2) is 0 Å². The molecule has 0 fully saturated rings. The SMILES string of the molecule is CNC(Cc1c(C)cc(C)cc1C)c1ccnnc1. The van der Waals surface area contributed by atoms with Gasteiger partial charge in [0.2, 0.25) is 0 Å². The highest BCUT2D eigenvalue weighted by atomic mass is 15.1. The maximum absolute atomic E-state index is 3.96. The molecule has 0 spiro atoms. The molecular weight excluding hydrogens is 234 g/mol. The number of aryl methyl sites for hydroxylation is 3. The molecule has 1 aromatic heterocycles. The first-order valence-electron chi connectivity index (χ1n) is 6.62. The molecule has 0 saturated carbocycles. The summed E-state index contributed by atoms with van der Waals surface area (Å²) in [4.78, 5) is 0. The Morgan fingerprint density at radius 1 is 1.11 bits per heavy atom. The lowest BCUT2D eigenvalue weighted by Gasteiger charge is -2.19. The Morgan fingerprint density at radius 2 is 1.79 bits per heavy atom. The van der Waals surface area contributed by atoms with E-state index in [0.717, 1.165) is 6.42 Å². The van der Waals surface area contributed by atoms with E-state index in [4.69, 9.17) is 0 Å². The molecule has 19 heavy (non-hydrogen) atoms. The van der Waals surface area contributed by atoms with Crippen LogP contribution in [0.25, 0.3) is 0 Å². The van der Waals surface area contributed by atoms with Crippen LogP contribution in [-0.2, 0) is 6.42 Å². The lowest BCUT2D eigenvalue weighted by atomic mass is 9.92. The summed E-state index contributed by atoms with van der Waals surface area (Å²) < 4.78 is 0. The number of aromatic nitrogens is 2. The lowest BCUT2D eigenvalue weighted by molar-refractivity contribution is 0.585. The number of hydrogen-bond donors (Lipinski definition) is 1. The van der Waals surface area contributed by atoms with Crippen LogP contribution in [0.4, 0.5) is 0 Å². The Balaban J connectivity index is 2.29. The molecule has 2 rings (SSSR count). The van der Waals surface area contributed by atoms with Crippen molar-refractivity contribution in [1.82, 2.24) is 15.5 Å². The molecule has 1 heterocycles. The molecule has 3 nitrogen and oxygen atoms in total. The van der Waals surface area contributed by atoms with Gasteiger partial charge in [0.1, 0.15) is 0 Å². The van der Waals surface area contributed by atoms with Crippen molar-refractivity contribution in [3.8, 4) is 0 Å². The third kappa shape index (κ3) is 3.18. The van der Waals surface area contributed by atoms with Gasteiger partial charge in [0, 0.05) is 12.2 Å². The van der Waals surface area contributed by atoms with Crippen LogP contribution in [0.5, 0.6) is 0 Å². The molecule has 0 radical (unpaired) electrons. The summed E-state index contributed by atoms with van der Waals surface area (Å²) in [7, 11) is 1.99. The quantitative estimate of drug-likeness (QED) is 0.913. The van der Waals surface area contributed by atoms with E-state index in [-0.39, 0.29) is 6.04 Å². The van der Waals surface area contributed by atoms with Gasteiger partial charge in [-0.1, -0.05) is 17.7 Å². The van der Waals surface area contributed by atoms with Gasteiger partial charge < -0.3 is 5.32 Å². The zero-order valence-corrected chi connectivity index (χ0v) is 12.1. The van der Waals surface area contributed by atoms with Crippen LogP contribution in [0.1, 0.15) is 33.9 Å². The summed E-state index contributed by atoms with van der Waals surface area (Å²) in [6, 6.07) is 6.79. The second-order valence-electron chi connectivity index (χ2n) is 5.10. The largest absolute Gasteiger partial charge is 0.313 e. The third-order valence-electron chi connectivity index (χ3n) is 3.61. The second-order valence-corrected chi connectivity index (χ2v) is 5.10. The van der Waals surface area contributed by atoms with E-state index in [2.05, 4.69) is 48.4 Å². The van der Waals surface area contributed by atoms with E-state index in [1.165, 1.54) is 27.8 Å². The molecule has 2 aromatic rings. The number of hydrogen-bond acceptors (Lipinski definition) is 3. The second kappa shape index (κ2) is 5.93. The van der Waals surface area contributed by atoms with Crippen molar-refractivity contribution in [2.75, 3.05) is 7.05 Å². The van der Waals surface area contributed by atoms with Gasteiger partial charge in [-0.15, -0.1) is 0 Å². The first-order valence-corrected chi connectivity index (χ1v) is 6.62. The third-order valence-corrected chi connectivity index (χ3v) is 3.61. The highest BCUT2D eigenvalue weighted by Gasteiger charge is 2.13. The predicted octanol–water partition coefficient (Wildman–Crippen LogP) is 2.91. The van der Waals surface area contributed by atoms with Crippen LogP contribution in [0, 0.1) is 20.8 Å². The topological polar surface area (TPSA) is 37.8 Å². The molecule has 0 saturated heterocycles. The van der Waals surface area contributed by atoms with E-state index in [0.29, 0.717) is 0 Å². The Morgan fingerprint density at radius 3 is 2.32 bits per heavy atom. The summed E-state index contributed by atoms with van der Waals surface area (Å²) in [6.07, 6.45) is 4.55. The molecule has 1 unspecified atom stereocenters. The Bertz CT molecular complexity index is 526. The average Bonchev–Trinajstić information content (AvgIpc) is 2.39. The molecule has 0 aliphatic heterocycles. The molecule has 0 bridgehead atoms. The Labute approximate surface area is 115 Å². The van der Waals surface area contributed by atoms with Gasteiger partial charge >= 0.3 is 0 Å². The van der Waals surface area contributed by atoms with Crippen molar-refractivity contribution < 1.29 is 0 Å². The number of nitrogens with zero attached hydrogens (tertiary/aromatic N) is 2. The van der Waals surface area contributed by atoms with Crippen LogP contribution in [-0.4, -0.2) is 17.2 Å². The van der Waals surface area contributed by atoms with E-state index in [1.54, 1.807) is 6.20 Å². The molecule has 0 aliphatic rings. The van der Waals surface area contributed by atoms with Crippen LogP contribution < -0.4 is 5.32 Å². The first kappa shape index (κ1) is 13.7. The fourth-order valence-electron chi connectivity index (χ4n) is 2.63. The van der Waals surface area contributed by atoms with E-state index in [9.17, 15) is 0 Å². The van der Waals surface area contributed by atoms with Gasteiger partial charge in [-0.3, -0.25) is 0 Å². The Kier molecular flexibility index (Phi) is 4.27. The molecule has 3 heteroatoms. The van der Waals surface area contributed by atoms with Gasteiger partial charge in [-0.25, -0.2) is 0 Å². The summed E-state index contributed by atoms with van der Waals surface area (Å²) in [5, 5.41) is 11.2. The summed E-state index contributed by atoms with van der Waals surface area (Å²) in [5.41, 5.74) is 6.64. The van der Waals surface area contributed by atoms with Crippen LogP contribution in [0.15, 0.2) is 30.6 Å². The maximum Gasteiger partial charge on any atom is 0.0544 e. The molecule has 1 N–H and O–H groups in total. The minimum Gasteiger partial charge on any atom is -0.313 e. The highest BCUT2D eigenvalue weighted by molar-refractivity contribution is 5.38. The molecule has 100 valence electrons. The standard InChI is InChI=1S/C16H21N3/c1-11-7-12(2)15(13(3)8-11)9-16(17-4)14-5-6-18-19-10-14/h5-8,10,16-17H,9H2,1-4H3. The van der Waals surface area contributed by atoms with Crippen LogP contribution >= 0.6 is 0 Å². The molecule has 1 aromatic carbocycles. The normalized spacial score (nSPS) is 12.4. The predicted molar refractivity (Wildman–Crippen MR) is 78.2 cm³/mol. The molecule has 0 amide bonds. The molecular formula is C16H21N3. The smallest absolute Gasteiger partial charge is 0.0544 e. The number of likely N-dealkylation sites (N-methyl/N-ethyl adjacent to an activating group) is 1. The monoisotopic (exact) mass is 255 g/mol. The van der Waals surface area contributed by atoms with Crippen molar-refractivity contribution in [3.63, 3.8) is 0 Å². The number of rotatable bonds is 4. The maximum atomic E-state index is 3.96.